The molecule has 1 atom stereocenters. The van der Waals surface area contributed by atoms with E-state index in [1.807, 2.05) is 24.3 Å². The van der Waals surface area contributed by atoms with Crippen LogP contribution >= 0.6 is 22.6 Å². The van der Waals surface area contributed by atoms with E-state index in [-0.39, 0.29) is 42.5 Å². The van der Waals surface area contributed by atoms with E-state index < -0.39 is 17.9 Å². The number of anilines is 1. The fraction of sp³-hybridized carbons (Fsp3) is 0.174. The maximum Gasteiger partial charge on any atom is 0.338 e. The van der Waals surface area contributed by atoms with E-state index in [0.717, 1.165) is 9.13 Å². The summed E-state index contributed by atoms with van der Waals surface area (Å²) in [7, 11) is 0. The Morgan fingerprint density at radius 2 is 1.48 bits per heavy atom. The second-order valence-electron chi connectivity index (χ2n) is 6.40. The van der Waals surface area contributed by atoms with Crippen molar-refractivity contribution in [1.82, 2.24) is 0 Å². The highest BCUT2D eigenvalue weighted by Crippen LogP contribution is 2.22. The number of esters is 2. The summed E-state index contributed by atoms with van der Waals surface area (Å²) in [5, 5.41) is 2.73. The summed E-state index contributed by atoms with van der Waals surface area (Å²) in [6, 6.07) is 11.6. The lowest BCUT2D eigenvalue weighted by Gasteiger charge is -2.16. The van der Waals surface area contributed by atoms with Gasteiger partial charge in [-0.15, -0.1) is 0 Å². The third-order valence-electron chi connectivity index (χ3n) is 4.16. The third kappa shape index (κ3) is 7.04. The number of rotatable bonds is 10. The zero-order chi connectivity index (χ0) is 22.8. The number of ether oxygens (including phenoxy) is 2. The van der Waals surface area contributed by atoms with Crippen molar-refractivity contribution >= 4 is 46.1 Å². The van der Waals surface area contributed by atoms with Crippen LogP contribution in [0.1, 0.15) is 32.2 Å². The van der Waals surface area contributed by atoms with Gasteiger partial charge >= 0.3 is 11.9 Å². The smallest absolute Gasteiger partial charge is 0.338 e. The van der Waals surface area contributed by atoms with Crippen LogP contribution in [-0.2, 0) is 14.3 Å². The fourth-order valence-electron chi connectivity index (χ4n) is 2.69. The van der Waals surface area contributed by atoms with Crippen LogP contribution in [-0.4, -0.2) is 37.6 Å². The zero-order valence-electron chi connectivity index (χ0n) is 16.8. The molecule has 1 unspecified atom stereocenters. The second-order valence-corrected chi connectivity index (χ2v) is 7.65. The molecular formula is C23H23IN2O5. The molecule has 0 fully saturated rings. The summed E-state index contributed by atoms with van der Waals surface area (Å²) >= 11 is 2.17. The van der Waals surface area contributed by atoms with Gasteiger partial charge in [-0.25, -0.2) is 9.59 Å². The van der Waals surface area contributed by atoms with Gasteiger partial charge in [0.05, 0.1) is 17.0 Å². The standard InChI is InChI=1S/C23H23IN2O5/c1-3-9-30-22(28)16-11-17(23(29)31-10-4-2)13-19(12-16)26-21(27)20(14-25)15-5-7-18(24)8-6-15/h3-8,11-13,20H,1-2,9-10,14,25H2,(H,26,27). The second kappa shape index (κ2) is 12.0. The number of nitrogens with one attached hydrogen (secondary N) is 1. The van der Waals surface area contributed by atoms with Crippen molar-refractivity contribution in [3.8, 4) is 0 Å². The van der Waals surface area contributed by atoms with E-state index in [4.69, 9.17) is 15.2 Å². The Balaban J connectivity index is 2.33. The number of hydrogen-bond acceptors (Lipinski definition) is 6. The minimum atomic E-state index is -0.665. The first-order valence-electron chi connectivity index (χ1n) is 9.37. The van der Waals surface area contributed by atoms with Gasteiger partial charge in [0.1, 0.15) is 13.2 Å². The molecule has 0 bridgehead atoms. The minimum Gasteiger partial charge on any atom is -0.458 e. The van der Waals surface area contributed by atoms with Crippen LogP contribution < -0.4 is 11.1 Å². The molecule has 2 aromatic carbocycles. The number of nitrogens with two attached hydrogens (primary N) is 1. The number of halogens is 1. The third-order valence-corrected chi connectivity index (χ3v) is 4.88. The molecule has 0 radical (unpaired) electrons. The Labute approximate surface area is 194 Å². The Hall–Kier alpha value is -2.98. The van der Waals surface area contributed by atoms with E-state index in [0.29, 0.717) is 0 Å². The molecule has 0 saturated heterocycles. The van der Waals surface area contributed by atoms with Crippen LogP contribution in [0.25, 0.3) is 0 Å². The van der Waals surface area contributed by atoms with E-state index >= 15 is 0 Å². The molecular weight excluding hydrogens is 511 g/mol. The van der Waals surface area contributed by atoms with Gasteiger partial charge in [-0.1, -0.05) is 37.4 Å². The highest BCUT2D eigenvalue weighted by Gasteiger charge is 2.21. The topological polar surface area (TPSA) is 108 Å². The predicted molar refractivity (Wildman–Crippen MR) is 127 cm³/mol. The van der Waals surface area contributed by atoms with Crippen LogP contribution in [0.4, 0.5) is 5.69 Å². The first-order valence-corrected chi connectivity index (χ1v) is 10.4. The van der Waals surface area contributed by atoms with Gasteiger partial charge in [-0.2, -0.15) is 0 Å². The van der Waals surface area contributed by atoms with Gasteiger partial charge in [-0.05, 0) is 58.5 Å². The van der Waals surface area contributed by atoms with Crippen molar-refractivity contribution in [2.24, 2.45) is 5.73 Å². The molecule has 0 aromatic heterocycles. The summed E-state index contributed by atoms with van der Waals surface area (Å²) < 4.78 is 11.1. The number of benzene rings is 2. The Kier molecular flexibility index (Phi) is 9.41. The molecule has 0 heterocycles. The van der Waals surface area contributed by atoms with E-state index in [1.165, 1.54) is 30.4 Å². The van der Waals surface area contributed by atoms with Crippen LogP contribution in [0.2, 0.25) is 0 Å². The molecule has 0 aliphatic rings. The molecule has 7 nitrogen and oxygen atoms in total. The molecule has 162 valence electrons. The van der Waals surface area contributed by atoms with Crippen LogP contribution in [0.15, 0.2) is 67.8 Å². The fourth-order valence-corrected chi connectivity index (χ4v) is 3.05. The van der Waals surface area contributed by atoms with Gasteiger partial charge in [0.25, 0.3) is 0 Å². The van der Waals surface area contributed by atoms with Crippen molar-refractivity contribution in [2.45, 2.75) is 5.92 Å². The van der Waals surface area contributed by atoms with Gasteiger partial charge in [0.15, 0.2) is 0 Å². The van der Waals surface area contributed by atoms with Gasteiger partial charge < -0.3 is 20.5 Å². The summed E-state index contributed by atoms with van der Waals surface area (Å²) in [6.45, 7) is 7.09. The largest absolute Gasteiger partial charge is 0.458 e. The quantitative estimate of drug-likeness (QED) is 0.274. The number of carbonyl (C=O) groups excluding carboxylic acids is 3. The molecule has 0 aliphatic heterocycles. The summed E-state index contributed by atoms with van der Waals surface area (Å²) in [6.07, 6.45) is 2.85. The van der Waals surface area contributed by atoms with E-state index in [9.17, 15) is 14.4 Å². The SMILES string of the molecule is C=CCOC(=O)c1cc(NC(=O)C(CN)c2ccc(I)cc2)cc(C(=O)OCC=C)c1. The monoisotopic (exact) mass is 534 g/mol. The predicted octanol–water partition coefficient (Wildman–Crippen LogP) is 3.66. The lowest BCUT2D eigenvalue weighted by molar-refractivity contribution is -0.117. The van der Waals surface area contributed by atoms with Crippen molar-refractivity contribution < 1.29 is 23.9 Å². The molecule has 0 saturated carbocycles. The maximum absolute atomic E-state index is 12.9. The minimum absolute atomic E-state index is 0.00766. The van der Waals surface area contributed by atoms with E-state index in [1.54, 1.807) is 0 Å². The molecule has 3 N–H and O–H groups in total. The zero-order valence-corrected chi connectivity index (χ0v) is 19.0. The molecule has 2 aromatic rings. The molecule has 31 heavy (non-hydrogen) atoms. The molecule has 0 spiro atoms. The average Bonchev–Trinajstić information content (AvgIpc) is 2.77. The first-order chi connectivity index (χ1) is 14.9. The van der Waals surface area contributed by atoms with Crippen molar-refractivity contribution in [3.63, 3.8) is 0 Å². The lowest BCUT2D eigenvalue weighted by Crippen LogP contribution is -2.27. The van der Waals surface area contributed by atoms with Gasteiger partial charge in [0, 0.05) is 15.8 Å². The van der Waals surface area contributed by atoms with Gasteiger partial charge in [-0.3, -0.25) is 4.79 Å². The Bertz CT molecular complexity index is 930. The van der Waals surface area contributed by atoms with Crippen LogP contribution in [0.5, 0.6) is 0 Å². The summed E-state index contributed by atoms with van der Waals surface area (Å²) in [5.74, 6) is -2.31. The molecule has 0 aliphatic carbocycles. The summed E-state index contributed by atoms with van der Waals surface area (Å²) in [5.41, 5.74) is 7.01. The number of carbonyl (C=O) groups is 3. The Morgan fingerprint density at radius 3 is 1.94 bits per heavy atom. The highest BCUT2D eigenvalue weighted by atomic mass is 127. The van der Waals surface area contributed by atoms with E-state index in [2.05, 4.69) is 41.1 Å². The molecule has 1 amide bonds. The lowest BCUT2D eigenvalue weighted by atomic mass is 9.98. The first kappa shape index (κ1) is 24.3. The summed E-state index contributed by atoms with van der Waals surface area (Å²) in [4.78, 5) is 37.5. The number of amides is 1. The van der Waals surface area contributed by atoms with Crippen molar-refractivity contribution in [2.75, 3.05) is 25.1 Å². The van der Waals surface area contributed by atoms with Crippen LogP contribution in [0.3, 0.4) is 0 Å². The maximum atomic E-state index is 12.9. The normalized spacial score (nSPS) is 11.2. The number of hydrogen-bond donors (Lipinski definition) is 2. The van der Waals surface area contributed by atoms with Gasteiger partial charge in [0.2, 0.25) is 5.91 Å². The molecule has 8 heteroatoms. The Morgan fingerprint density at radius 1 is 0.968 bits per heavy atom. The molecule has 2 rings (SSSR count). The van der Waals surface area contributed by atoms with Crippen molar-refractivity contribution in [1.29, 1.82) is 0 Å². The van der Waals surface area contributed by atoms with Crippen LogP contribution in [0, 0.1) is 3.57 Å². The highest BCUT2D eigenvalue weighted by molar-refractivity contribution is 14.1. The van der Waals surface area contributed by atoms with Crippen molar-refractivity contribution in [3.05, 3.63) is 88.0 Å². The average molecular weight is 534 g/mol.